The molecule has 2 nitrogen and oxygen atoms in total. The van der Waals surface area contributed by atoms with Crippen molar-refractivity contribution in [1.82, 2.24) is 0 Å². The maximum Gasteiger partial charge on any atom is 0.0642 e. The summed E-state index contributed by atoms with van der Waals surface area (Å²) in [6, 6.07) is 8.28. The number of para-hydroxylation sites is 1. The molecule has 1 heterocycles. The van der Waals surface area contributed by atoms with E-state index in [1.807, 2.05) is 19.1 Å². The van der Waals surface area contributed by atoms with Gasteiger partial charge < -0.3 is 10.6 Å². The maximum atomic E-state index is 6.39. The van der Waals surface area contributed by atoms with Gasteiger partial charge in [-0.05, 0) is 47.0 Å². The molecule has 1 unspecified atom stereocenters. The molecule has 5 heteroatoms. The summed E-state index contributed by atoms with van der Waals surface area (Å²) in [4.78, 5) is 3.49. The van der Waals surface area contributed by atoms with Gasteiger partial charge in [0.05, 0.1) is 17.3 Å². The lowest BCUT2D eigenvalue weighted by Crippen LogP contribution is -2.22. The SMILES string of the molecule is CC(N)Cc1cccc(Cl)c1N(C)Cc1cc(Br)cs1. The minimum atomic E-state index is 0.122. The fraction of sp³-hybridized carbons (Fsp3) is 0.333. The number of hydrogen-bond donors (Lipinski definition) is 1. The molecule has 20 heavy (non-hydrogen) atoms. The molecule has 0 aliphatic rings. The molecule has 1 aromatic heterocycles. The number of halogens is 2. The van der Waals surface area contributed by atoms with Crippen LogP contribution in [0.5, 0.6) is 0 Å². The highest BCUT2D eigenvalue weighted by Gasteiger charge is 2.14. The molecule has 0 saturated carbocycles. The topological polar surface area (TPSA) is 29.3 Å². The highest BCUT2D eigenvalue weighted by molar-refractivity contribution is 9.10. The quantitative estimate of drug-likeness (QED) is 0.823. The summed E-state index contributed by atoms with van der Waals surface area (Å²) in [5.74, 6) is 0. The average Bonchev–Trinajstić information content (AvgIpc) is 2.73. The van der Waals surface area contributed by atoms with E-state index in [0.29, 0.717) is 0 Å². The van der Waals surface area contributed by atoms with Gasteiger partial charge in [0.2, 0.25) is 0 Å². The standard InChI is InChI=1S/C15H18BrClN2S/c1-10(18)6-11-4-3-5-14(17)15(11)19(2)8-13-7-12(16)9-20-13/h3-5,7,9-10H,6,8,18H2,1-2H3. The molecular formula is C15H18BrClN2S. The van der Waals surface area contributed by atoms with Gasteiger partial charge in [-0.3, -0.25) is 0 Å². The Balaban J connectivity index is 2.25. The van der Waals surface area contributed by atoms with Crippen molar-refractivity contribution in [2.24, 2.45) is 5.73 Å². The van der Waals surface area contributed by atoms with E-state index in [0.717, 1.165) is 28.1 Å². The predicted molar refractivity (Wildman–Crippen MR) is 92.9 cm³/mol. The van der Waals surface area contributed by atoms with Crippen LogP contribution in [-0.2, 0) is 13.0 Å². The summed E-state index contributed by atoms with van der Waals surface area (Å²) in [7, 11) is 2.07. The number of thiophene rings is 1. The van der Waals surface area contributed by atoms with Crippen LogP contribution in [0.15, 0.2) is 34.1 Å². The van der Waals surface area contributed by atoms with Gasteiger partial charge in [-0.25, -0.2) is 0 Å². The Morgan fingerprint density at radius 1 is 1.45 bits per heavy atom. The van der Waals surface area contributed by atoms with Crippen LogP contribution in [0.1, 0.15) is 17.4 Å². The summed E-state index contributed by atoms with van der Waals surface area (Å²) in [5, 5.41) is 2.87. The first-order valence-electron chi connectivity index (χ1n) is 6.44. The van der Waals surface area contributed by atoms with Gasteiger partial charge in [-0.15, -0.1) is 11.3 Å². The van der Waals surface area contributed by atoms with E-state index < -0.39 is 0 Å². The fourth-order valence-electron chi connectivity index (χ4n) is 2.25. The molecule has 2 rings (SSSR count). The first kappa shape index (κ1) is 15.8. The van der Waals surface area contributed by atoms with Gasteiger partial charge in [0.15, 0.2) is 0 Å². The van der Waals surface area contributed by atoms with Crippen molar-refractivity contribution < 1.29 is 0 Å². The highest BCUT2D eigenvalue weighted by Crippen LogP contribution is 2.32. The summed E-state index contributed by atoms with van der Waals surface area (Å²) in [6.07, 6.45) is 0.828. The van der Waals surface area contributed by atoms with Crippen LogP contribution in [0.25, 0.3) is 0 Å². The molecule has 0 aliphatic carbocycles. The third-order valence-electron chi connectivity index (χ3n) is 3.01. The molecule has 108 valence electrons. The lowest BCUT2D eigenvalue weighted by atomic mass is 10.0. The van der Waals surface area contributed by atoms with Crippen molar-refractivity contribution in [1.29, 1.82) is 0 Å². The Kier molecular flexibility index (Phi) is 5.49. The molecule has 0 spiro atoms. The van der Waals surface area contributed by atoms with Crippen molar-refractivity contribution in [2.75, 3.05) is 11.9 Å². The minimum absolute atomic E-state index is 0.122. The van der Waals surface area contributed by atoms with E-state index in [1.165, 1.54) is 10.4 Å². The minimum Gasteiger partial charge on any atom is -0.368 e. The summed E-state index contributed by atoms with van der Waals surface area (Å²) < 4.78 is 1.13. The van der Waals surface area contributed by atoms with E-state index in [2.05, 4.69) is 45.4 Å². The normalized spacial score (nSPS) is 12.4. The summed E-state index contributed by atoms with van der Waals surface area (Å²) >= 11 is 11.6. The zero-order valence-corrected chi connectivity index (χ0v) is 14.7. The van der Waals surface area contributed by atoms with E-state index in [1.54, 1.807) is 11.3 Å². The second-order valence-corrected chi connectivity index (χ2v) is 7.33. The molecule has 0 aliphatic heterocycles. The second kappa shape index (κ2) is 6.94. The van der Waals surface area contributed by atoms with Gasteiger partial charge in [-0.2, -0.15) is 0 Å². The van der Waals surface area contributed by atoms with Crippen LogP contribution in [0, 0.1) is 0 Å². The third kappa shape index (κ3) is 3.98. The lowest BCUT2D eigenvalue weighted by Gasteiger charge is -2.24. The van der Waals surface area contributed by atoms with E-state index >= 15 is 0 Å². The Hall–Kier alpha value is -0.550. The van der Waals surface area contributed by atoms with Crippen LogP contribution in [-0.4, -0.2) is 13.1 Å². The zero-order chi connectivity index (χ0) is 14.7. The van der Waals surface area contributed by atoms with Gasteiger partial charge >= 0.3 is 0 Å². The Labute approximate surface area is 137 Å². The Morgan fingerprint density at radius 3 is 2.80 bits per heavy atom. The zero-order valence-electron chi connectivity index (χ0n) is 11.6. The number of rotatable bonds is 5. The largest absolute Gasteiger partial charge is 0.368 e. The number of nitrogens with two attached hydrogens (primary N) is 1. The van der Waals surface area contributed by atoms with Gasteiger partial charge in [0.1, 0.15) is 0 Å². The molecule has 2 aromatic rings. The average molecular weight is 374 g/mol. The van der Waals surface area contributed by atoms with Gasteiger partial charge in [-0.1, -0.05) is 23.7 Å². The molecule has 0 saturated heterocycles. The van der Waals surface area contributed by atoms with E-state index in [4.69, 9.17) is 17.3 Å². The van der Waals surface area contributed by atoms with Crippen molar-refractivity contribution in [3.63, 3.8) is 0 Å². The molecule has 0 radical (unpaired) electrons. The first-order chi connectivity index (χ1) is 9.47. The van der Waals surface area contributed by atoms with Crippen molar-refractivity contribution in [2.45, 2.75) is 25.9 Å². The van der Waals surface area contributed by atoms with Gasteiger partial charge in [0.25, 0.3) is 0 Å². The van der Waals surface area contributed by atoms with Crippen molar-refractivity contribution in [3.8, 4) is 0 Å². The lowest BCUT2D eigenvalue weighted by molar-refractivity contribution is 0.734. The molecule has 1 atom stereocenters. The molecule has 0 bridgehead atoms. The molecule has 0 amide bonds. The molecule has 1 aromatic carbocycles. The summed E-state index contributed by atoms with van der Waals surface area (Å²) in [6.45, 7) is 2.85. The van der Waals surface area contributed by atoms with Crippen LogP contribution < -0.4 is 10.6 Å². The predicted octanol–water partition coefficient (Wildman–Crippen LogP) is 4.69. The van der Waals surface area contributed by atoms with Gasteiger partial charge in [0, 0.05) is 27.8 Å². The van der Waals surface area contributed by atoms with E-state index in [-0.39, 0.29) is 6.04 Å². The Bertz CT molecular complexity index is 583. The van der Waals surface area contributed by atoms with Crippen molar-refractivity contribution >= 4 is 44.6 Å². The second-order valence-electron chi connectivity index (χ2n) is 5.02. The fourth-order valence-corrected chi connectivity index (χ4v) is 4.09. The molecule has 2 N–H and O–H groups in total. The third-order valence-corrected chi connectivity index (χ3v) is 5.00. The smallest absolute Gasteiger partial charge is 0.0642 e. The number of hydrogen-bond acceptors (Lipinski definition) is 3. The molecule has 0 fully saturated rings. The molecular weight excluding hydrogens is 356 g/mol. The van der Waals surface area contributed by atoms with Crippen LogP contribution in [0.3, 0.4) is 0 Å². The number of benzene rings is 1. The number of nitrogens with zero attached hydrogens (tertiary/aromatic N) is 1. The maximum absolute atomic E-state index is 6.39. The summed E-state index contributed by atoms with van der Waals surface area (Å²) in [5.41, 5.74) is 8.21. The van der Waals surface area contributed by atoms with Crippen LogP contribution >= 0.6 is 38.9 Å². The van der Waals surface area contributed by atoms with Crippen LogP contribution in [0.2, 0.25) is 5.02 Å². The monoisotopic (exact) mass is 372 g/mol. The Morgan fingerprint density at radius 2 is 2.20 bits per heavy atom. The van der Waals surface area contributed by atoms with Crippen molar-refractivity contribution in [3.05, 3.63) is 49.6 Å². The number of anilines is 1. The van der Waals surface area contributed by atoms with Crippen LogP contribution in [0.4, 0.5) is 5.69 Å². The highest BCUT2D eigenvalue weighted by atomic mass is 79.9. The van der Waals surface area contributed by atoms with E-state index in [9.17, 15) is 0 Å². The first-order valence-corrected chi connectivity index (χ1v) is 8.49.